The van der Waals surface area contributed by atoms with Crippen LogP contribution in [0.4, 0.5) is 0 Å². The Morgan fingerprint density at radius 1 is 1.57 bits per heavy atom. The van der Waals surface area contributed by atoms with E-state index in [1.54, 1.807) is 6.92 Å². The molecule has 0 spiro atoms. The third-order valence-corrected chi connectivity index (χ3v) is 5.37. The molecule has 2 heterocycles. The first-order valence-electron chi connectivity index (χ1n) is 6.44. The Kier molecular flexibility index (Phi) is 4.70. The maximum absolute atomic E-state index is 12.6. The molecular weight excluding hydrogens is 320 g/mol. The van der Waals surface area contributed by atoms with Crippen LogP contribution in [0.2, 0.25) is 5.02 Å². The van der Waals surface area contributed by atoms with Gasteiger partial charge in [0.25, 0.3) is 5.56 Å². The molecule has 1 atom stereocenters. The van der Waals surface area contributed by atoms with Crippen LogP contribution in [0.1, 0.15) is 19.8 Å². The molecular formula is C12H15ClN2O5S. The monoisotopic (exact) mass is 334 g/mol. The van der Waals surface area contributed by atoms with Crippen LogP contribution < -0.4 is 5.56 Å². The van der Waals surface area contributed by atoms with Gasteiger partial charge in [0.1, 0.15) is 11.1 Å². The standard InChI is InChI=1S/C12H15ClN2O5S/c1-2-20-12(17)10-4-3-5-15(10)21(18,19)8-6-9(13)11(16)14-7-8/h6-7,10H,2-5H2,1H3,(H,14,16). The average molecular weight is 335 g/mol. The molecule has 116 valence electrons. The molecule has 1 aromatic heterocycles. The number of carbonyl (C=O) groups excluding carboxylic acids is 1. The van der Waals surface area contributed by atoms with Crippen molar-refractivity contribution in [1.82, 2.24) is 9.29 Å². The number of hydrogen-bond donors (Lipinski definition) is 1. The number of hydrogen-bond acceptors (Lipinski definition) is 5. The summed E-state index contributed by atoms with van der Waals surface area (Å²) in [6.45, 7) is 2.07. The van der Waals surface area contributed by atoms with Crippen LogP contribution in [0.3, 0.4) is 0 Å². The fourth-order valence-electron chi connectivity index (χ4n) is 2.22. The van der Waals surface area contributed by atoms with Crippen LogP contribution in [-0.4, -0.2) is 42.9 Å². The summed E-state index contributed by atoms with van der Waals surface area (Å²) in [4.78, 5) is 25.2. The van der Waals surface area contributed by atoms with E-state index in [4.69, 9.17) is 16.3 Å². The molecule has 1 saturated heterocycles. The number of pyridine rings is 1. The van der Waals surface area contributed by atoms with Gasteiger partial charge in [0.15, 0.2) is 0 Å². The zero-order valence-corrected chi connectivity index (χ0v) is 12.9. The number of rotatable bonds is 4. The second-order valence-electron chi connectivity index (χ2n) is 4.54. The summed E-state index contributed by atoms with van der Waals surface area (Å²) in [7, 11) is -3.91. The summed E-state index contributed by atoms with van der Waals surface area (Å²) in [5.41, 5.74) is -0.570. The molecule has 0 aliphatic carbocycles. The number of ether oxygens (including phenoxy) is 1. The molecule has 7 nitrogen and oxygen atoms in total. The topological polar surface area (TPSA) is 96.5 Å². The van der Waals surface area contributed by atoms with Crippen molar-refractivity contribution < 1.29 is 17.9 Å². The molecule has 1 aliphatic rings. The molecule has 1 N–H and O–H groups in total. The number of aromatic nitrogens is 1. The maximum atomic E-state index is 12.6. The summed E-state index contributed by atoms with van der Waals surface area (Å²) in [5, 5.41) is -0.219. The average Bonchev–Trinajstić information content (AvgIpc) is 2.92. The second kappa shape index (κ2) is 6.17. The SMILES string of the molecule is CCOC(=O)C1CCCN1S(=O)(=O)c1c[nH]c(=O)c(Cl)c1. The van der Waals surface area contributed by atoms with E-state index >= 15 is 0 Å². The number of aromatic amines is 1. The van der Waals surface area contributed by atoms with Gasteiger partial charge in [0.05, 0.1) is 11.5 Å². The minimum atomic E-state index is -3.91. The first-order chi connectivity index (χ1) is 9.87. The Morgan fingerprint density at radius 3 is 2.90 bits per heavy atom. The summed E-state index contributed by atoms with van der Waals surface area (Å²) >= 11 is 5.66. The number of carbonyl (C=O) groups is 1. The van der Waals surface area contributed by atoms with Crippen molar-refractivity contribution in [2.45, 2.75) is 30.7 Å². The summed E-state index contributed by atoms with van der Waals surface area (Å²) in [6.07, 6.45) is 2.05. The molecule has 0 saturated carbocycles. The van der Waals surface area contributed by atoms with Gasteiger partial charge in [0.2, 0.25) is 10.0 Å². The van der Waals surface area contributed by atoms with Gasteiger partial charge >= 0.3 is 5.97 Å². The number of halogens is 1. The summed E-state index contributed by atoms with van der Waals surface area (Å²) in [6, 6.07) is 0.247. The fourth-order valence-corrected chi connectivity index (χ4v) is 4.10. The van der Waals surface area contributed by atoms with Gasteiger partial charge in [0, 0.05) is 12.7 Å². The minimum absolute atomic E-state index is 0.150. The first kappa shape index (κ1) is 16.0. The number of nitrogens with one attached hydrogen (secondary N) is 1. The molecule has 1 aromatic rings. The molecule has 1 aliphatic heterocycles. The van der Waals surface area contributed by atoms with Crippen molar-refractivity contribution >= 4 is 27.6 Å². The number of esters is 1. The van der Waals surface area contributed by atoms with Crippen molar-refractivity contribution in [3.05, 3.63) is 27.6 Å². The molecule has 21 heavy (non-hydrogen) atoms. The van der Waals surface area contributed by atoms with E-state index in [9.17, 15) is 18.0 Å². The lowest BCUT2D eigenvalue weighted by Crippen LogP contribution is -2.41. The number of sulfonamides is 1. The van der Waals surface area contributed by atoms with E-state index in [0.29, 0.717) is 12.8 Å². The van der Waals surface area contributed by atoms with E-state index < -0.39 is 27.6 Å². The Balaban J connectivity index is 2.35. The van der Waals surface area contributed by atoms with E-state index in [1.165, 1.54) is 0 Å². The van der Waals surface area contributed by atoms with Crippen LogP contribution in [0.5, 0.6) is 0 Å². The molecule has 0 radical (unpaired) electrons. The number of H-pyrrole nitrogens is 1. The van der Waals surface area contributed by atoms with E-state index in [1.807, 2.05) is 0 Å². The van der Waals surface area contributed by atoms with Crippen LogP contribution in [0, 0.1) is 0 Å². The first-order valence-corrected chi connectivity index (χ1v) is 8.26. The van der Waals surface area contributed by atoms with Gasteiger partial charge < -0.3 is 9.72 Å². The van der Waals surface area contributed by atoms with Gasteiger partial charge in [-0.2, -0.15) is 4.31 Å². The van der Waals surface area contributed by atoms with Gasteiger partial charge in [-0.1, -0.05) is 11.6 Å². The van der Waals surface area contributed by atoms with Crippen LogP contribution in [0.15, 0.2) is 22.0 Å². The highest BCUT2D eigenvalue weighted by Gasteiger charge is 2.40. The summed E-state index contributed by atoms with van der Waals surface area (Å²) < 4.78 is 31.1. The Labute approximate surface area is 126 Å². The highest BCUT2D eigenvalue weighted by molar-refractivity contribution is 7.89. The largest absolute Gasteiger partial charge is 0.465 e. The highest BCUT2D eigenvalue weighted by Crippen LogP contribution is 2.27. The van der Waals surface area contributed by atoms with Gasteiger partial charge in [-0.15, -0.1) is 0 Å². The van der Waals surface area contributed by atoms with E-state index in [2.05, 4.69) is 4.98 Å². The van der Waals surface area contributed by atoms with Crippen molar-refractivity contribution in [3.8, 4) is 0 Å². The molecule has 1 unspecified atom stereocenters. The van der Waals surface area contributed by atoms with Crippen molar-refractivity contribution in [1.29, 1.82) is 0 Å². The molecule has 1 fully saturated rings. The molecule has 0 aromatic carbocycles. The molecule has 2 rings (SSSR count). The second-order valence-corrected chi connectivity index (χ2v) is 6.84. The Morgan fingerprint density at radius 2 is 2.29 bits per heavy atom. The predicted octanol–water partition coefficient (Wildman–Crippen LogP) is 0.744. The van der Waals surface area contributed by atoms with E-state index in [-0.39, 0.29) is 23.1 Å². The Bertz CT molecular complexity index is 700. The lowest BCUT2D eigenvalue weighted by atomic mass is 10.2. The summed E-state index contributed by atoms with van der Waals surface area (Å²) in [5.74, 6) is -0.561. The fraction of sp³-hybridized carbons (Fsp3) is 0.500. The lowest BCUT2D eigenvalue weighted by Gasteiger charge is -2.22. The smallest absolute Gasteiger partial charge is 0.324 e. The van der Waals surface area contributed by atoms with Crippen molar-refractivity contribution in [2.24, 2.45) is 0 Å². The van der Waals surface area contributed by atoms with Crippen LogP contribution in [0.25, 0.3) is 0 Å². The van der Waals surface area contributed by atoms with Crippen LogP contribution >= 0.6 is 11.6 Å². The highest BCUT2D eigenvalue weighted by atomic mass is 35.5. The van der Waals surface area contributed by atoms with Gasteiger partial charge in [-0.25, -0.2) is 8.42 Å². The van der Waals surface area contributed by atoms with Crippen molar-refractivity contribution in [3.63, 3.8) is 0 Å². The third kappa shape index (κ3) is 3.12. The van der Waals surface area contributed by atoms with Crippen LogP contribution in [-0.2, 0) is 19.6 Å². The quantitative estimate of drug-likeness (QED) is 0.819. The zero-order chi connectivity index (χ0) is 15.6. The number of nitrogens with zero attached hydrogens (tertiary/aromatic N) is 1. The third-order valence-electron chi connectivity index (χ3n) is 3.20. The van der Waals surface area contributed by atoms with Crippen molar-refractivity contribution in [2.75, 3.05) is 13.2 Å². The normalized spacial score (nSPS) is 19.6. The minimum Gasteiger partial charge on any atom is -0.465 e. The zero-order valence-electron chi connectivity index (χ0n) is 11.3. The maximum Gasteiger partial charge on any atom is 0.324 e. The van der Waals surface area contributed by atoms with Gasteiger partial charge in [-0.05, 0) is 25.8 Å². The van der Waals surface area contributed by atoms with E-state index in [0.717, 1.165) is 16.6 Å². The molecule has 0 bridgehead atoms. The molecule has 0 amide bonds. The Hall–Kier alpha value is -1.38. The molecule has 9 heteroatoms. The lowest BCUT2D eigenvalue weighted by molar-refractivity contribution is -0.146. The van der Waals surface area contributed by atoms with Gasteiger partial charge in [-0.3, -0.25) is 9.59 Å². The predicted molar refractivity (Wildman–Crippen MR) is 75.6 cm³/mol.